The SMILES string of the molecule is CCOc1c(CC(N)=O)cc([C@@](O)(CNC(=O)c2cc(OC(F)(F)F)c3ncc(C)cc3c2)C(F)(F)F)nc1-c1ccc(F)cc1. The average Bonchev–Trinajstić information content (AvgIpc) is 2.95. The van der Waals surface area contributed by atoms with Gasteiger partial charge in [-0.05, 0) is 67.9 Å². The van der Waals surface area contributed by atoms with E-state index in [4.69, 9.17) is 10.5 Å². The van der Waals surface area contributed by atoms with E-state index in [1.807, 2.05) is 5.32 Å². The maximum absolute atomic E-state index is 14.6. The van der Waals surface area contributed by atoms with Gasteiger partial charge in [-0.3, -0.25) is 14.6 Å². The predicted molar refractivity (Wildman–Crippen MR) is 149 cm³/mol. The van der Waals surface area contributed by atoms with Crippen molar-refractivity contribution < 1.29 is 54.9 Å². The number of amides is 2. The van der Waals surface area contributed by atoms with Gasteiger partial charge in [-0.1, -0.05) is 0 Å². The number of carbonyl (C=O) groups excluding carboxylic acids is 2. The topological polar surface area (TPSA) is 137 Å². The first kappa shape index (κ1) is 33.9. The fourth-order valence-electron chi connectivity index (χ4n) is 4.53. The molecule has 0 aliphatic carbocycles. The zero-order valence-electron chi connectivity index (χ0n) is 24.0. The third-order valence-electron chi connectivity index (χ3n) is 6.59. The first-order valence-electron chi connectivity index (χ1n) is 13.4. The second-order valence-electron chi connectivity index (χ2n) is 10.1. The molecular weight excluding hydrogens is 629 g/mol. The van der Waals surface area contributed by atoms with E-state index < -0.39 is 65.7 Å². The lowest BCUT2D eigenvalue weighted by atomic mass is 9.93. The Morgan fingerprint density at radius 3 is 2.28 bits per heavy atom. The number of benzene rings is 2. The van der Waals surface area contributed by atoms with E-state index in [9.17, 15) is 45.4 Å². The van der Waals surface area contributed by atoms with Crippen LogP contribution in [0, 0.1) is 12.7 Å². The number of pyridine rings is 2. The van der Waals surface area contributed by atoms with Gasteiger partial charge in [-0.15, -0.1) is 13.2 Å². The maximum atomic E-state index is 14.6. The number of aromatic nitrogens is 2. The van der Waals surface area contributed by atoms with Crippen molar-refractivity contribution in [3.8, 4) is 22.8 Å². The number of hydrogen-bond acceptors (Lipinski definition) is 7. The molecule has 4 aromatic rings. The van der Waals surface area contributed by atoms with Crippen LogP contribution in [0.5, 0.6) is 11.5 Å². The van der Waals surface area contributed by atoms with Gasteiger partial charge in [0, 0.05) is 28.3 Å². The number of ether oxygens (including phenoxy) is 2. The Labute approximate surface area is 256 Å². The fraction of sp³-hybridized carbons (Fsp3) is 0.267. The van der Waals surface area contributed by atoms with Crippen molar-refractivity contribution in [2.24, 2.45) is 5.73 Å². The van der Waals surface area contributed by atoms with Gasteiger partial charge in [0.15, 0.2) is 5.75 Å². The second-order valence-corrected chi connectivity index (χ2v) is 10.1. The predicted octanol–water partition coefficient (Wildman–Crippen LogP) is 5.25. The van der Waals surface area contributed by atoms with Crippen LogP contribution >= 0.6 is 0 Å². The molecule has 2 heterocycles. The van der Waals surface area contributed by atoms with Crippen LogP contribution in [0.2, 0.25) is 0 Å². The quantitative estimate of drug-likeness (QED) is 0.199. The number of nitrogens with two attached hydrogens (primary N) is 1. The van der Waals surface area contributed by atoms with Crippen LogP contribution < -0.4 is 20.5 Å². The Morgan fingerprint density at radius 2 is 1.70 bits per heavy atom. The molecule has 9 nitrogen and oxygen atoms in total. The van der Waals surface area contributed by atoms with Crippen LogP contribution in [0.3, 0.4) is 0 Å². The van der Waals surface area contributed by atoms with E-state index in [2.05, 4.69) is 14.7 Å². The number of aliphatic hydroxyl groups is 1. The minimum Gasteiger partial charge on any atom is -0.491 e. The lowest BCUT2D eigenvalue weighted by Gasteiger charge is -2.31. The molecule has 0 saturated carbocycles. The molecule has 0 fully saturated rings. The molecule has 0 radical (unpaired) electrons. The van der Waals surface area contributed by atoms with Gasteiger partial charge >= 0.3 is 12.5 Å². The summed E-state index contributed by atoms with van der Waals surface area (Å²) in [6.45, 7) is 1.52. The van der Waals surface area contributed by atoms with Crippen LogP contribution in [-0.2, 0) is 16.8 Å². The van der Waals surface area contributed by atoms with Crippen molar-refractivity contribution in [3.05, 3.63) is 82.9 Å². The summed E-state index contributed by atoms with van der Waals surface area (Å²) < 4.78 is 106. The van der Waals surface area contributed by atoms with Crippen molar-refractivity contribution in [1.82, 2.24) is 15.3 Å². The average molecular weight is 655 g/mol. The number of halogens is 7. The number of rotatable bonds is 10. The van der Waals surface area contributed by atoms with Crippen LogP contribution in [0.1, 0.15) is 34.1 Å². The molecule has 0 aliphatic heterocycles. The van der Waals surface area contributed by atoms with E-state index in [1.165, 1.54) is 24.4 Å². The highest BCUT2D eigenvalue weighted by atomic mass is 19.4. The van der Waals surface area contributed by atoms with Crippen LogP contribution in [0.4, 0.5) is 30.7 Å². The number of nitrogens with one attached hydrogen (secondary N) is 1. The van der Waals surface area contributed by atoms with E-state index in [0.29, 0.717) is 11.6 Å². The number of fused-ring (bicyclic) bond motifs is 1. The molecular formula is C30H25F7N4O5. The minimum absolute atomic E-state index is 0.0196. The van der Waals surface area contributed by atoms with Crippen LogP contribution in [0.15, 0.2) is 54.7 Å². The number of hydrogen-bond donors (Lipinski definition) is 3. The number of nitrogens with zero attached hydrogens (tertiary/aromatic N) is 2. The van der Waals surface area contributed by atoms with Gasteiger partial charge < -0.3 is 25.6 Å². The van der Waals surface area contributed by atoms with E-state index in [-0.39, 0.29) is 40.1 Å². The Balaban J connectivity index is 1.81. The summed E-state index contributed by atoms with van der Waals surface area (Å²) in [5, 5.41) is 13.0. The molecule has 0 bridgehead atoms. The Morgan fingerprint density at radius 1 is 1.02 bits per heavy atom. The first-order chi connectivity index (χ1) is 21.4. The van der Waals surface area contributed by atoms with Crippen LogP contribution in [-0.4, -0.2) is 52.6 Å². The molecule has 1 atom stereocenters. The molecule has 244 valence electrons. The summed E-state index contributed by atoms with van der Waals surface area (Å²) in [5.74, 6) is -3.98. The van der Waals surface area contributed by atoms with E-state index in [0.717, 1.165) is 24.3 Å². The smallest absolute Gasteiger partial charge is 0.491 e. The van der Waals surface area contributed by atoms with Gasteiger partial charge in [0.1, 0.15) is 22.8 Å². The lowest BCUT2D eigenvalue weighted by molar-refractivity contribution is -0.274. The zero-order chi connectivity index (χ0) is 34.0. The molecule has 4 N–H and O–H groups in total. The molecule has 0 aliphatic rings. The maximum Gasteiger partial charge on any atom is 0.573 e. The number of carbonyl (C=O) groups is 2. The van der Waals surface area contributed by atoms with Gasteiger partial charge in [0.25, 0.3) is 5.91 Å². The summed E-state index contributed by atoms with van der Waals surface area (Å²) in [6, 6.07) is 8.23. The number of primary amides is 1. The molecule has 2 aromatic heterocycles. The summed E-state index contributed by atoms with van der Waals surface area (Å²) in [5.41, 5.74) is -0.426. The monoisotopic (exact) mass is 654 g/mol. The highest BCUT2D eigenvalue weighted by molar-refractivity contribution is 6.00. The van der Waals surface area contributed by atoms with Gasteiger partial charge in [0.2, 0.25) is 11.5 Å². The molecule has 46 heavy (non-hydrogen) atoms. The Hall–Kier alpha value is -4.99. The number of aryl methyl sites for hydroxylation is 1. The second kappa shape index (κ2) is 12.8. The molecule has 16 heteroatoms. The summed E-state index contributed by atoms with van der Waals surface area (Å²) >= 11 is 0. The van der Waals surface area contributed by atoms with Crippen molar-refractivity contribution in [2.45, 2.75) is 38.4 Å². The van der Waals surface area contributed by atoms with Crippen molar-refractivity contribution >= 4 is 22.7 Å². The van der Waals surface area contributed by atoms with Gasteiger partial charge in [-0.25, -0.2) is 9.37 Å². The highest BCUT2D eigenvalue weighted by Gasteiger charge is 2.57. The van der Waals surface area contributed by atoms with Gasteiger partial charge in [0.05, 0.1) is 25.3 Å². The summed E-state index contributed by atoms with van der Waals surface area (Å²) in [7, 11) is 0. The number of alkyl halides is 6. The molecule has 4 rings (SSSR count). The van der Waals surface area contributed by atoms with Gasteiger partial charge in [-0.2, -0.15) is 13.2 Å². The summed E-state index contributed by atoms with van der Waals surface area (Å²) in [4.78, 5) is 32.8. The first-order valence-corrected chi connectivity index (χ1v) is 13.4. The van der Waals surface area contributed by atoms with E-state index >= 15 is 0 Å². The third-order valence-corrected chi connectivity index (χ3v) is 6.59. The molecule has 0 saturated heterocycles. The van der Waals surface area contributed by atoms with Crippen molar-refractivity contribution in [1.29, 1.82) is 0 Å². The minimum atomic E-state index is -5.51. The molecule has 0 unspecified atom stereocenters. The third kappa shape index (κ3) is 7.44. The standard InChI is InChI=1S/C30H25F7N4O5/c1-3-45-26-18(12-23(38)42)11-22(41-25(26)16-4-6-20(31)7-5-16)28(44,29(32,33)34)14-40-27(43)19-9-17-8-15(2)13-39-24(17)21(10-19)46-30(35,36)37/h4-11,13,44H,3,12,14H2,1-2H3,(H2,38,42)(H,40,43)/t28-/m0/s1. The summed E-state index contributed by atoms with van der Waals surface area (Å²) in [6.07, 6.45) is -10.1. The zero-order valence-corrected chi connectivity index (χ0v) is 24.0. The lowest BCUT2D eigenvalue weighted by Crippen LogP contribution is -2.51. The normalized spacial score (nSPS) is 13.3. The van der Waals surface area contributed by atoms with Crippen LogP contribution in [0.25, 0.3) is 22.2 Å². The Kier molecular flexibility index (Phi) is 9.42. The fourth-order valence-corrected chi connectivity index (χ4v) is 4.53. The van der Waals surface area contributed by atoms with Crippen molar-refractivity contribution in [2.75, 3.05) is 13.2 Å². The van der Waals surface area contributed by atoms with Crippen molar-refractivity contribution in [3.63, 3.8) is 0 Å². The molecule has 2 amide bonds. The largest absolute Gasteiger partial charge is 0.573 e. The molecule has 2 aromatic carbocycles. The highest BCUT2D eigenvalue weighted by Crippen LogP contribution is 2.42. The Bertz CT molecular complexity index is 1780. The molecule has 0 spiro atoms. The van der Waals surface area contributed by atoms with E-state index in [1.54, 1.807) is 13.8 Å².